The summed E-state index contributed by atoms with van der Waals surface area (Å²) < 4.78 is 5.55. The minimum atomic E-state index is 0.239. The SMILES string of the molecule is CCC1(COC)C/C=C(/C)c2nc(-c3ccc(C(C)C)nc3)ccc2CC1. The molecule has 0 amide bonds. The number of methoxy groups -OCH3 is 1. The van der Waals surface area contributed by atoms with Gasteiger partial charge in [0.2, 0.25) is 0 Å². The van der Waals surface area contributed by atoms with Crippen molar-refractivity contribution < 1.29 is 4.74 Å². The van der Waals surface area contributed by atoms with Crippen molar-refractivity contribution in [2.75, 3.05) is 13.7 Å². The van der Waals surface area contributed by atoms with Crippen molar-refractivity contribution in [2.24, 2.45) is 5.41 Å². The molecule has 2 aromatic rings. The van der Waals surface area contributed by atoms with Gasteiger partial charge in [-0.3, -0.25) is 4.98 Å². The molecule has 144 valence electrons. The highest BCUT2D eigenvalue weighted by Gasteiger charge is 2.29. The van der Waals surface area contributed by atoms with E-state index in [1.54, 1.807) is 0 Å². The topological polar surface area (TPSA) is 35.0 Å². The van der Waals surface area contributed by atoms with E-state index in [-0.39, 0.29) is 5.41 Å². The molecule has 0 spiro atoms. The number of aromatic nitrogens is 2. The molecular weight excluding hydrogens is 332 g/mol. The highest BCUT2D eigenvalue weighted by molar-refractivity contribution is 5.68. The quantitative estimate of drug-likeness (QED) is 0.648. The fourth-order valence-corrected chi connectivity index (χ4v) is 3.92. The molecule has 1 unspecified atom stereocenters. The normalized spacial score (nSPS) is 21.9. The van der Waals surface area contributed by atoms with Gasteiger partial charge >= 0.3 is 0 Å². The lowest BCUT2D eigenvalue weighted by molar-refractivity contribution is 0.0704. The molecule has 0 aliphatic heterocycles. The number of pyridine rings is 2. The van der Waals surface area contributed by atoms with E-state index in [4.69, 9.17) is 9.72 Å². The van der Waals surface area contributed by atoms with E-state index in [0.29, 0.717) is 5.92 Å². The van der Waals surface area contributed by atoms with Gasteiger partial charge in [-0.05, 0) is 73.3 Å². The number of aryl methyl sites for hydroxylation is 1. The molecule has 1 aliphatic carbocycles. The fourth-order valence-electron chi connectivity index (χ4n) is 3.92. The molecule has 0 bridgehead atoms. The molecule has 27 heavy (non-hydrogen) atoms. The highest BCUT2D eigenvalue weighted by Crippen LogP contribution is 2.37. The zero-order valence-electron chi connectivity index (χ0n) is 17.4. The molecule has 1 aliphatic rings. The van der Waals surface area contributed by atoms with Crippen molar-refractivity contribution in [3.63, 3.8) is 0 Å². The average Bonchev–Trinajstić information content (AvgIpc) is 2.69. The van der Waals surface area contributed by atoms with Crippen LogP contribution < -0.4 is 0 Å². The molecule has 3 nitrogen and oxygen atoms in total. The van der Waals surface area contributed by atoms with Crippen LogP contribution >= 0.6 is 0 Å². The second kappa shape index (κ2) is 8.35. The average molecular weight is 365 g/mol. The molecule has 2 heterocycles. The lowest BCUT2D eigenvalue weighted by Gasteiger charge is -2.33. The van der Waals surface area contributed by atoms with Gasteiger partial charge in [-0.2, -0.15) is 0 Å². The summed E-state index contributed by atoms with van der Waals surface area (Å²) >= 11 is 0. The summed E-state index contributed by atoms with van der Waals surface area (Å²) in [4.78, 5) is 9.62. The maximum absolute atomic E-state index is 5.55. The van der Waals surface area contributed by atoms with Gasteiger partial charge in [-0.1, -0.05) is 32.9 Å². The lowest BCUT2D eigenvalue weighted by atomic mass is 9.75. The van der Waals surface area contributed by atoms with E-state index in [1.807, 2.05) is 13.3 Å². The molecule has 0 radical (unpaired) electrons. The molecular formula is C24H32N2O. The monoisotopic (exact) mass is 364 g/mol. The predicted molar refractivity (Wildman–Crippen MR) is 113 cm³/mol. The van der Waals surface area contributed by atoms with Crippen molar-refractivity contribution in [2.45, 2.75) is 59.3 Å². The van der Waals surface area contributed by atoms with Crippen LogP contribution in [0.4, 0.5) is 0 Å². The second-order valence-electron chi connectivity index (χ2n) is 8.21. The summed E-state index contributed by atoms with van der Waals surface area (Å²) in [6.45, 7) is 9.62. The Morgan fingerprint density at radius 3 is 2.63 bits per heavy atom. The van der Waals surface area contributed by atoms with Crippen LogP contribution in [0.25, 0.3) is 16.8 Å². The van der Waals surface area contributed by atoms with Crippen LogP contribution in [0, 0.1) is 5.41 Å². The van der Waals surface area contributed by atoms with Crippen LogP contribution in [-0.4, -0.2) is 23.7 Å². The molecule has 0 saturated carbocycles. The van der Waals surface area contributed by atoms with Crippen LogP contribution in [0.1, 0.15) is 69.8 Å². The maximum atomic E-state index is 5.55. The van der Waals surface area contributed by atoms with Crippen molar-refractivity contribution in [1.29, 1.82) is 0 Å². The summed E-state index contributed by atoms with van der Waals surface area (Å²) in [6.07, 6.45) is 8.69. The predicted octanol–water partition coefficient (Wildman–Crippen LogP) is 6.05. The van der Waals surface area contributed by atoms with Crippen LogP contribution in [0.3, 0.4) is 0 Å². The van der Waals surface area contributed by atoms with Crippen molar-refractivity contribution >= 4 is 5.57 Å². The first-order chi connectivity index (χ1) is 13.0. The Hall–Kier alpha value is -2.00. The zero-order chi connectivity index (χ0) is 19.4. The first kappa shape index (κ1) is 19.8. The summed E-state index contributed by atoms with van der Waals surface area (Å²) in [6, 6.07) is 8.65. The number of nitrogens with zero attached hydrogens (tertiary/aromatic N) is 2. The number of rotatable bonds is 5. The Bertz CT molecular complexity index is 808. The minimum Gasteiger partial charge on any atom is -0.384 e. The fraction of sp³-hybridized carbons (Fsp3) is 0.500. The third-order valence-corrected chi connectivity index (χ3v) is 5.99. The number of ether oxygens (including phenoxy) is 1. The van der Waals surface area contributed by atoms with Gasteiger partial charge in [0, 0.05) is 24.6 Å². The largest absolute Gasteiger partial charge is 0.384 e. The third-order valence-electron chi connectivity index (χ3n) is 5.99. The first-order valence-electron chi connectivity index (χ1n) is 10.1. The van der Waals surface area contributed by atoms with Gasteiger partial charge in [-0.25, -0.2) is 4.98 Å². The Balaban J connectivity index is 1.93. The van der Waals surface area contributed by atoms with Crippen LogP contribution in [0.2, 0.25) is 0 Å². The van der Waals surface area contributed by atoms with Gasteiger partial charge in [0.1, 0.15) is 0 Å². The van der Waals surface area contributed by atoms with Gasteiger partial charge in [0.05, 0.1) is 18.0 Å². The molecule has 3 rings (SSSR count). The van der Waals surface area contributed by atoms with E-state index in [2.05, 4.69) is 63.0 Å². The number of fused-ring (bicyclic) bond motifs is 1. The van der Waals surface area contributed by atoms with Gasteiger partial charge < -0.3 is 4.74 Å². The minimum absolute atomic E-state index is 0.239. The number of hydrogen-bond donors (Lipinski definition) is 0. The number of allylic oxidation sites excluding steroid dienone is 2. The molecule has 0 fully saturated rings. The van der Waals surface area contributed by atoms with Crippen molar-refractivity contribution in [1.82, 2.24) is 9.97 Å². The van der Waals surface area contributed by atoms with Crippen LogP contribution in [0.15, 0.2) is 36.5 Å². The van der Waals surface area contributed by atoms with Gasteiger partial charge in [0.25, 0.3) is 0 Å². The second-order valence-corrected chi connectivity index (χ2v) is 8.21. The summed E-state index contributed by atoms with van der Waals surface area (Å²) in [5, 5.41) is 0. The Morgan fingerprint density at radius 2 is 2.00 bits per heavy atom. The van der Waals surface area contributed by atoms with E-state index < -0.39 is 0 Å². The van der Waals surface area contributed by atoms with Crippen molar-refractivity contribution in [3.8, 4) is 11.3 Å². The summed E-state index contributed by atoms with van der Waals surface area (Å²) in [7, 11) is 1.81. The molecule has 1 atom stereocenters. The number of hydrogen-bond acceptors (Lipinski definition) is 3. The van der Waals surface area contributed by atoms with E-state index >= 15 is 0 Å². The maximum Gasteiger partial charge on any atom is 0.0725 e. The van der Waals surface area contributed by atoms with Crippen LogP contribution in [0.5, 0.6) is 0 Å². The smallest absolute Gasteiger partial charge is 0.0725 e. The molecule has 3 heteroatoms. The van der Waals surface area contributed by atoms with E-state index in [1.165, 1.54) is 11.1 Å². The third kappa shape index (κ3) is 4.30. The highest BCUT2D eigenvalue weighted by atomic mass is 16.5. The summed E-state index contributed by atoms with van der Waals surface area (Å²) in [5.41, 5.74) is 7.20. The lowest BCUT2D eigenvalue weighted by Crippen LogP contribution is -2.27. The molecule has 0 aromatic carbocycles. The van der Waals surface area contributed by atoms with Gasteiger partial charge in [-0.15, -0.1) is 0 Å². The van der Waals surface area contributed by atoms with Crippen molar-refractivity contribution in [3.05, 3.63) is 53.5 Å². The molecule has 2 aromatic heterocycles. The molecule has 0 saturated heterocycles. The molecule has 0 N–H and O–H groups in total. The Labute approximate surface area is 163 Å². The van der Waals surface area contributed by atoms with Gasteiger partial charge in [0.15, 0.2) is 0 Å². The van der Waals surface area contributed by atoms with Crippen LogP contribution in [-0.2, 0) is 11.2 Å². The standard InChI is InChI=1S/C24H32N2O/c1-6-24(16-27-5)13-11-18(4)23-19(12-14-24)7-10-22(26-23)20-8-9-21(17(2)3)25-15-20/h7-11,15,17H,6,12-14,16H2,1-5H3/b18-11-. The Morgan fingerprint density at radius 1 is 1.19 bits per heavy atom. The van der Waals surface area contributed by atoms with E-state index in [9.17, 15) is 0 Å². The Kier molecular flexibility index (Phi) is 6.11. The summed E-state index contributed by atoms with van der Waals surface area (Å²) in [5.74, 6) is 0.443. The zero-order valence-corrected chi connectivity index (χ0v) is 17.4. The first-order valence-corrected chi connectivity index (χ1v) is 10.1. The van der Waals surface area contributed by atoms with E-state index in [0.717, 1.165) is 54.9 Å².